The average molecular weight is 412 g/mol. The number of phenolic OH excluding ortho intramolecular Hbond substituents is 2. The fraction of sp³-hybridized carbons (Fsp3) is 0.0667. The monoisotopic (exact) mass is 412 g/mol. The number of hydrazone groups is 1. The van der Waals surface area contributed by atoms with Crippen molar-refractivity contribution in [1.29, 1.82) is 0 Å². The van der Waals surface area contributed by atoms with Crippen molar-refractivity contribution in [2.75, 3.05) is 7.11 Å². The van der Waals surface area contributed by atoms with Gasteiger partial charge in [0.25, 0.3) is 5.91 Å². The average Bonchev–Trinajstić information content (AvgIpc) is 2.49. The zero-order valence-electron chi connectivity index (χ0n) is 11.6. The van der Waals surface area contributed by atoms with E-state index in [0.717, 1.165) is 3.57 Å². The van der Waals surface area contributed by atoms with E-state index in [1.165, 1.54) is 31.5 Å². The van der Waals surface area contributed by atoms with Gasteiger partial charge in [0.2, 0.25) is 0 Å². The summed E-state index contributed by atoms with van der Waals surface area (Å²) in [6.45, 7) is 0. The number of phenols is 2. The third kappa shape index (κ3) is 3.88. The smallest absolute Gasteiger partial charge is 0.271 e. The van der Waals surface area contributed by atoms with Crippen molar-refractivity contribution in [3.8, 4) is 17.2 Å². The Kier molecular flexibility index (Phi) is 5.21. The molecule has 0 bridgehead atoms. The second kappa shape index (κ2) is 7.12. The van der Waals surface area contributed by atoms with Gasteiger partial charge in [0.05, 0.1) is 16.9 Å². The molecule has 0 fully saturated rings. The predicted octanol–water partition coefficient (Wildman–Crippen LogP) is 2.47. The molecule has 1 amide bonds. The Morgan fingerprint density at radius 1 is 1.27 bits per heavy atom. The molecule has 22 heavy (non-hydrogen) atoms. The molecule has 114 valence electrons. The van der Waals surface area contributed by atoms with Gasteiger partial charge in [0.1, 0.15) is 17.2 Å². The molecule has 0 heterocycles. The molecule has 2 aromatic rings. The lowest BCUT2D eigenvalue weighted by Gasteiger charge is -2.05. The molecule has 2 rings (SSSR count). The molecule has 2 aromatic carbocycles. The molecule has 0 aromatic heterocycles. The van der Waals surface area contributed by atoms with Gasteiger partial charge in [-0.05, 0) is 52.9 Å². The minimum atomic E-state index is -0.399. The van der Waals surface area contributed by atoms with Gasteiger partial charge in [-0.1, -0.05) is 0 Å². The number of ether oxygens (including phenoxy) is 1. The molecule has 0 aliphatic rings. The van der Waals surface area contributed by atoms with Gasteiger partial charge in [0.15, 0.2) is 0 Å². The van der Waals surface area contributed by atoms with Crippen LogP contribution in [0.4, 0.5) is 0 Å². The predicted molar refractivity (Wildman–Crippen MR) is 90.5 cm³/mol. The van der Waals surface area contributed by atoms with Gasteiger partial charge in [-0.3, -0.25) is 4.79 Å². The van der Waals surface area contributed by atoms with Crippen LogP contribution in [0.25, 0.3) is 0 Å². The van der Waals surface area contributed by atoms with Crippen LogP contribution in [-0.2, 0) is 0 Å². The normalized spacial score (nSPS) is 10.6. The van der Waals surface area contributed by atoms with Crippen molar-refractivity contribution in [3.05, 3.63) is 51.1 Å². The second-order valence-corrected chi connectivity index (χ2v) is 5.45. The molecular formula is C15H13IN2O4. The van der Waals surface area contributed by atoms with Crippen LogP contribution in [0.15, 0.2) is 41.5 Å². The number of rotatable bonds is 4. The molecule has 0 spiro atoms. The fourth-order valence-corrected chi connectivity index (χ4v) is 2.22. The largest absolute Gasteiger partial charge is 0.508 e. The first-order valence-corrected chi connectivity index (χ1v) is 7.28. The molecule has 3 N–H and O–H groups in total. The van der Waals surface area contributed by atoms with E-state index in [1.54, 1.807) is 18.2 Å². The maximum absolute atomic E-state index is 12.0. The molecule has 7 heteroatoms. The van der Waals surface area contributed by atoms with Crippen LogP contribution in [0, 0.1) is 3.57 Å². The van der Waals surface area contributed by atoms with Crippen molar-refractivity contribution in [3.63, 3.8) is 0 Å². The van der Waals surface area contributed by atoms with Crippen molar-refractivity contribution in [2.45, 2.75) is 0 Å². The lowest BCUT2D eigenvalue weighted by atomic mass is 10.2. The standard InChI is InChI=1S/C15H13IN2O4/c1-22-14-6-9(3-5-12(14)16)15(21)18-17-8-10-2-4-11(19)7-13(10)20/h2-8,19-20H,1H3,(H,18,21). The highest BCUT2D eigenvalue weighted by molar-refractivity contribution is 14.1. The summed E-state index contributed by atoms with van der Waals surface area (Å²) < 4.78 is 6.05. The molecule has 0 aliphatic heterocycles. The van der Waals surface area contributed by atoms with E-state index >= 15 is 0 Å². The van der Waals surface area contributed by atoms with E-state index in [0.29, 0.717) is 16.9 Å². The Hall–Kier alpha value is -2.29. The van der Waals surface area contributed by atoms with Crippen LogP contribution in [0.2, 0.25) is 0 Å². The minimum absolute atomic E-state index is 0.0512. The number of methoxy groups -OCH3 is 1. The molecule has 0 saturated carbocycles. The topological polar surface area (TPSA) is 91.2 Å². The summed E-state index contributed by atoms with van der Waals surface area (Å²) in [4.78, 5) is 12.0. The maximum Gasteiger partial charge on any atom is 0.271 e. The number of carbonyl (C=O) groups excluding carboxylic acids is 1. The molecule has 6 nitrogen and oxygen atoms in total. The van der Waals surface area contributed by atoms with Crippen LogP contribution >= 0.6 is 22.6 Å². The van der Waals surface area contributed by atoms with E-state index < -0.39 is 5.91 Å². The molecule has 0 atom stereocenters. The first-order valence-electron chi connectivity index (χ1n) is 6.20. The van der Waals surface area contributed by atoms with Crippen LogP contribution in [-0.4, -0.2) is 29.4 Å². The van der Waals surface area contributed by atoms with E-state index in [2.05, 4.69) is 33.1 Å². The summed E-state index contributed by atoms with van der Waals surface area (Å²) in [5.41, 5.74) is 3.14. The zero-order valence-corrected chi connectivity index (χ0v) is 13.7. The Balaban J connectivity index is 2.07. The van der Waals surface area contributed by atoms with Crippen molar-refractivity contribution < 1.29 is 19.7 Å². The van der Waals surface area contributed by atoms with Crippen LogP contribution in [0.1, 0.15) is 15.9 Å². The number of nitrogens with one attached hydrogen (secondary N) is 1. The molecule has 0 unspecified atom stereocenters. The summed E-state index contributed by atoms with van der Waals surface area (Å²) in [7, 11) is 1.53. The van der Waals surface area contributed by atoms with E-state index in [-0.39, 0.29) is 11.5 Å². The van der Waals surface area contributed by atoms with E-state index in [4.69, 9.17) is 4.74 Å². The molecule has 0 saturated heterocycles. The SMILES string of the molecule is COc1cc(C(=O)NN=Cc2ccc(O)cc2O)ccc1I. The van der Waals surface area contributed by atoms with Crippen molar-refractivity contribution in [2.24, 2.45) is 5.10 Å². The first kappa shape index (κ1) is 16.1. The molecule has 0 radical (unpaired) electrons. The Bertz CT molecular complexity index is 731. The number of aromatic hydroxyl groups is 2. The van der Waals surface area contributed by atoms with E-state index in [1.807, 2.05) is 0 Å². The first-order chi connectivity index (χ1) is 10.5. The highest BCUT2D eigenvalue weighted by Crippen LogP contribution is 2.22. The van der Waals surface area contributed by atoms with E-state index in [9.17, 15) is 15.0 Å². The number of amides is 1. The fourth-order valence-electron chi connectivity index (χ4n) is 1.67. The molecular weight excluding hydrogens is 399 g/mol. The lowest BCUT2D eigenvalue weighted by Crippen LogP contribution is -2.17. The zero-order chi connectivity index (χ0) is 16.1. The highest BCUT2D eigenvalue weighted by atomic mass is 127. The van der Waals surface area contributed by atoms with Gasteiger partial charge < -0.3 is 14.9 Å². The third-order valence-corrected chi connectivity index (χ3v) is 3.69. The van der Waals surface area contributed by atoms with Crippen molar-refractivity contribution >= 4 is 34.7 Å². The van der Waals surface area contributed by atoms with Gasteiger partial charge in [-0.2, -0.15) is 5.10 Å². The Morgan fingerprint density at radius 3 is 2.73 bits per heavy atom. The summed E-state index contributed by atoms with van der Waals surface area (Å²) in [5.74, 6) is 0.0243. The van der Waals surface area contributed by atoms with Crippen LogP contribution in [0.5, 0.6) is 17.2 Å². The number of hydrogen-bond donors (Lipinski definition) is 3. The Labute approximate surface area is 140 Å². The van der Waals surface area contributed by atoms with Gasteiger partial charge in [0, 0.05) is 17.2 Å². The summed E-state index contributed by atoms with van der Waals surface area (Å²) in [5, 5.41) is 22.6. The molecule has 0 aliphatic carbocycles. The second-order valence-electron chi connectivity index (χ2n) is 4.29. The lowest BCUT2D eigenvalue weighted by molar-refractivity contribution is 0.0954. The minimum Gasteiger partial charge on any atom is -0.508 e. The van der Waals surface area contributed by atoms with Crippen LogP contribution < -0.4 is 10.2 Å². The number of halogens is 1. The van der Waals surface area contributed by atoms with Gasteiger partial charge >= 0.3 is 0 Å². The highest BCUT2D eigenvalue weighted by Gasteiger charge is 2.08. The van der Waals surface area contributed by atoms with Gasteiger partial charge in [-0.25, -0.2) is 5.43 Å². The summed E-state index contributed by atoms with van der Waals surface area (Å²) >= 11 is 2.11. The van der Waals surface area contributed by atoms with Gasteiger partial charge in [-0.15, -0.1) is 0 Å². The summed E-state index contributed by atoms with van der Waals surface area (Å²) in [6.07, 6.45) is 1.29. The number of benzene rings is 2. The number of carbonyl (C=O) groups is 1. The quantitative estimate of drug-likeness (QED) is 0.409. The summed E-state index contributed by atoms with van der Waals surface area (Å²) in [6, 6.07) is 9.12. The number of nitrogens with zero attached hydrogens (tertiary/aromatic N) is 1. The van der Waals surface area contributed by atoms with Crippen LogP contribution in [0.3, 0.4) is 0 Å². The third-order valence-electron chi connectivity index (χ3n) is 2.80. The number of hydrogen-bond acceptors (Lipinski definition) is 5. The maximum atomic E-state index is 12.0. The Morgan fingerprint density at radius 2 is 2.05 bits per heavy atom. The van der Waals surface area contributed by atoms with Crippen molar-refractivity contribution in [1.82, 2.24) is 5.43 Å².